The van der Waals surface area contributed by atoms with Crippen molar-refractivity contribution in [2.75, 3.05) is 14.2 Å². The number of aromatic nitrogens is 1. The van der Waals surface area contributed by atoms with Crippen LogP contribution >= 0.6 is 11.6 Å². The lowest BCUT2D eigenvalue weighted by molar-refractivity contribution is -0.206. The summed E-state index contributed by atoms with van der Waals surface area (Å²) in [6, 6.07) is 7.31. The summed E-state index contributed by atoms with van der Waals surface area (Å²) >= 11 is 6.17. The second-order valence-electron chi connectivity index (χ2n) is 7.67. The Kier molecular flexibility index (Phi) is 6.30. The van der Waals surface area contributed by atoms with Gasteiger partial charge in [-0.05, 0) is 43.0 Å². The molecule has 1 aromatic carbocycles. The van der Waals surface area contributed by atoms with Gasteiger partial charge in [-0.25, -0.2) is 4.99 Å². The second-order valence-corrected chi connectivity index (χ2v) is 8.11. The molecule has 3 heterocycles. The SMILES string of the molecule is C=Nc1c(C(C)=NC)ccn1[C@@H]1O[C@H]([C@@H]2OC(OC)Cc3cc(Cl)ccc32)[C@@H](O)[C@H]1O. The summed E-state index contributed by atoms with van der Waals surface area (Å²) in [7, 11) is 3.25. The second kappa shape index (κ2) is 8.82. The van der Waals surface area contributed by atoms with Crippen LogP contribution in [-0.4, -0.2) is 66.0 Å². The Morgan fingerprint density at radius 3 is 2.71 bits per heavy atom. The maximum absolute atomic E-state index is 10.9. The van der Waals surface area contributed by atoms with Crippen molar-refractivity contribution in [3.8, 4) is 0 Å². The predicted octanol–water partition coefficient (Wildman–Crippen LogP) is 2.82. The van der Waals surface area contributed by atoms with Crippen LogP contribution in [0.1, 0.15) is 35.9 Å². The van der Waals surface area contributed by atoms with Crippen molar-refractivity contribution in [1.29, 1.82) is 0 Å². The van der Waals surface area contributed by atoms with Gasteiger partial charge in [0.1, 0.15) is 30.2 Å². The molecule has 0 spiro atoms. The van der Waals surface area contributed by atoms with E-state index < -0.39 is 36.9 Å². The molecule has 6 atom stereocenters. The number of rotatable bonds is 5. The molecule has 4 rings (SSSR count). The average molecular weight is 448 g/mol. The van der Waals surface area contributed by atoms with E-state index in [0.29, 0.717) is 17.3 Å². The summed E-state index contributed by atoms with van der Waals surface area (Å²) in [5, 5.41) is 22.4. The van der Waals surface area contributed by atoms with Gasteiger partial charge in [0.2, 0.25) is 0 Å². The van der Waals surface area contributed by atoms with Crippen LogP contribution in [0.3, 0.4) is 0 Å². The van der Waals surface area contributed by atoms with Crippen LogP contribution in [-0.2, 0) is 20.6 Å². The number of nitrogens with zero attached hydrogens (tertiary/aromatic N) is 3. The number of benzene rings is 1. The van der Waals surface area contributed by atoms with E-state index in [4.69, 9.17) is 25.8 Å². The lowest BCUT2D eigenvalue weighted by Gasteiger charge is -2.35. The minimum absolute atomic E-state index is 0.506. The topological polar surface area (TPSA) is 97.8 Å². The molecule has 1 saturated heterocycles. The highest BCUT2D eigenvalue weighted by atomic mass is 35.5. The van der Waals surface area contributed by atoms with Crippen LogP contribution in [0.5, 0.6) is 0 Å². The molecule has 9 heteroatoms. The summed E-state index contributed by atoms with van der Waals surface area (Å²) in [5.41, 5.74) is 3.35. The van der Waals surface area contributed by atoms with E-state index in [-0.39, 0.29) is 0 Å². The average Bonchev–Trinajstić information content (AvgIpc) is 3.33. The molecule has 1 unspecified atom stereocenters. The van der Waals surface area contributed by atoms with Crippen molar-refractivity contribution in [2.24, 2.45) is 9.98 Å². The van der Waals surface area contributed by atoms with Crippen molar-refractivity contribution in [1.82, 2.24) is 4.57 Å². The molecular formula is C22H26ClN3O5. The van der Waals surface area contributed by atoms with Crippen molar-refractivity contribution in [2.45, 2.75) is 50.3 Å². The molecule has 8 nitrogen and oxygen atoms in total. The lowest BCUT2D eigenvalue weighted by atomic mass is 9.91. The number of aliphatic hydroxyl groups is 2. The first-order chi connectivity index (χ1) is 14.9. The van der Waals surface area contributed by atoms with E-state index in [0.717, 1.165) is 22.4 Å². The Morgan fingerprint density at radius 1 is 1.26 bits per heavy atom. The first-order valence-electron chi connectivity index (χ1n) is 9.99. The number of aliphatic imine (C=N–C) groups is 2. The Bertz CT molecular complexity index is 1010. The zero-order valence-electron chi connectivity index (χ0n) is 17.6. The minimum Gasteiger partial charge on any atom is -0.387 e. The Morgan fingerprint density at radius 2 is 2.03 bits per heavy atom. The molecule has 1 fully saturated rings. The smallest absolute Gasteiger partial charge is 0.164 e. The van der Waals surface area contributed by atoms with Crippen LogP contribution in [0.15, 0.2) is 40.4 Å². The minimum atomic E-state index is -1.20. The molecule has 1 aromatic heterocycles. The third-order valence-electron chi connectivity index (χ3n) is 5.97. The molecule has 0 radical (unpaired) electrons. The van der Waals surface area contributed by atoms with Crippen LogP contribution in [0, 0.1) is 0 Å². The fraction of sp³-hybridized carbons (Fsp3) is 0.455. The molecular weight excluding hydrogens is 422 g/mol. The lowest BCUT2D eigenvalue weighted by Crippen LogP contribution is -2.40. The Hall–Kier alpha value is -2.07. The fourth-order valence-electron chi connectivity index (χ4n) is 4.27. The Labute approximate surface area is 185 Å². The maximum atomic E-state index is 10.9. The summed E-state index contributed by atoms with van der Waals surface area (Å²) < 4.78 is 19.3. The highest BCUT2D eigenvalue weighted by Gasteiger charge is 2.50. The van der Waals surface area contributed by atoms with Crippen molar-refractivity contribution in [3.63, 3.8) is 0 Å². The van der Waals surface area contributed by atoms with Gasteiger partial charge in [-0.15, -0.1) is 0 Å². The van der Waals surface area contributed by atoms with E-state index >= 15 is 0 Å². The van der Waals surface area contributed by atoms with Gasteiger partial charge in [-0.2, -0.15) is 0 Å². The zero-order chi connectivity index (χ0) is 22.3. The van der Waals surface area contributed by atoms with Crippen LogP contribution < -0.4 is 0 Å². The third kappa shape index (κ3) is 3.84. The van der Waals surface area contributed by atoms with E-state index in [1.807, 2.05) is 25.1 Å². The van der Waals surface area contributed by atoms with Gasteiger partial charge < -0.3 is 29.0 Å². The fourth-order valence-corrected chi connectivity index (χ4v) is 4.46. The summed E-state index contributed by atoms with van der Waals surface area (Å²) in [6.45, 7) is 5.51. The molecule has 2 aliphatic rings. The van der Waals surface area contributed by atoms with Gasteiger partial charge in [0.15, 0.2) is 12.5 Å². The third-order valence-corrected chi connectivity index (χ3v) is 6.20. The molecule has 0 saturated carbocycles. The number of hydrogen-bond acceptors (Lipinski definition) is 7. The zero-order valence-corrected chi connectivity index (χ0v) is 18.4. The molecule has 0 bridgehead atoms. The molecule has 166 valence electrons. The standard InChI is InChI=1S/C22H26ClN3O5/c1-11(24-2)14-7-8-26(21(14)25-3)22-18(28)17(27)20(31-22)19-15-6-5-13(23)9-12(15)10-16(29-4)30-19/h5-9,16-20,22,27-28H,3,10H2,1-2,4H3/t16?,17-,18+,19+,20-,22+/m0/s1. The first kappa shape index (κ1) is 22.1. The molecule has 2 aromatic rings. The van der Waals surface area contributed by atoms with E-state index in [2.05, 4.69) is 16.7 Å². The highest BCUT2D eigenvalue weighted by Crippen LogP contribution is 2.43. The number of halogens is 1. The number of fused-ring (bicyclic) bond motifs is 1. The van der Waals surface area contributed by atoms with E-state index in [9.17, 15) is 10.2 Å². The molecule has 0 amide bonds. The highest BCUT2D eigenvalue weighted by molar-refractivity contribution is 6.30. The van der Waals surface area contributed by atoms with Gasteiger partial charge in [-0.3, -0.25) is 4.99 Å². The van der Waals surface area contributed by atoms with Crippen molar-refractivity contribution in [3.05, 3.63) is 52.2 Å². The van der Waals surface area contributed by atoms with Crippen LogP contribution in [0.4, 0.5) is 5.82 Å². The van der Waals surface area contributed by atoms with Gasteiger partial charge in [0.25, 0.3) is 0 Å². The van der Waals surface area contributed by atoms with Gasteiger partial charge >= 0.3 is 0 Å². The molecule has 2 aliphatic heterocycles. The van der Waals surface area contributed by atoms with Gasteiger partial charge in [0, 0.05) is 43.1 Å². The van der Waals surface area contributed by atoms with Crippen LogP contribution in [0.2, 0.25) is 5.02 Å². The quantitative estimate of drug-likeness (QED) is 0.687. The largest absolute Gasteiger partial charge is 0.387 e. The number of hydrogen-bond donors (Lipinski definition) is 2. The van der Waals surface area contributed by atoms with Crippen molar-refractivity contribution >= 4 is 29.8 Å². The molecule has 0 aliphatic carbocycles. The molecule has 31 heavy (non-hydrogen) atoms. The summed E-state index contributed by atoms with van der Waals surface area (Å²) in [4.78, 5) is 8.30. The predicted molar refractivity (Wildman–Crippen MR) is 117 cm³/mol. The number of methoxy groups -OCH3 is 1. The van der Waals surface area contributed by atoms with E-state index in [1.165, 1.54) is 0 Å². The van der Waals surface area contributed by atoms with Crippen molar-refractivity contribution < 1.29 is 24.4 Å². The maximum Gasteiger partial charge on any atom is 0.164 e. The van der Waals surface area contributed by atoms with Crippen LogP contribution in [0.25, 0.3) is 0 Å². The normalized spacial score (nSPS) is 31.0. The summed E-state index contributed by atoms with van der Waals surface area (Å²) in [5.74, 6) is 0.506. The summed E-state index contributed by atoms with van der Waals surface area (Å²) in [6.07, 6.45) is -3.00. The van der Waals surface area contributed by atoms with Gasteiger partial charge in [0.05, 0.1) is 0 Å². The van der Waals surface area contributed by atoms with E-state index in [1.54, 1.807) is 31.0 Å². The Balaban J connectivity index is 1.69. The first-order valence-corrected chi connectivity index (χ1v) is 10.4. The number of aliphatic hydroxyl groups excluding tert-OH is 2. The van der Waals surface area contributed by atoms with Gasteiger partial charge in [-0.1, -0.05) is 17.7 Å². The molecule has 2 N–H and O–H groups in total. The number of ether oxygens (including phenoxy) is 3. The monoisotopic (exact) mass is 447 g/mol.